The highest BCUT2D eigenvalue weighted by Crippen LogP contribution is 2.28. The van der Waals surface area contributed by atoms with E-state index in [4.69, 9.17) is 11.6 Å². The quantitative estimate of drug-likeness (QED) is 0.452. The van der Waals surface area contributed by atoms with Crippen LogP contribution in [0.5, 0.6) is 0 Å². The summed E-state index contributed by atoms with van der Waals surface area (Å²) >= 11 is 6.28. The van der Waals surface area contributed by atoms with Crippen LogP contribution in [0.3, 0.4) is 0 Å². The van der Waals surface area contributed by atoms with Gasteiger partial charge in [0.1, 0.15) is 0 Å². The second-order valence-corrected chi connectivity index (χ2v) is 7.95. The van der Waals surface area contributed by atoms with Crippen LogP contribution in [0.15, 0.2) is 36.4 Å². The molecule has 3 heterocycles. The molecule has 4 rings (SSSR count). The van der Waals surface area contributed by atoms with Gasteiger partial charge in [0, 0.05) is 17.8 Å². The molecular weight excluding hydrogens is 400 g/mol. The number of rotatable bonds is 8. The highest BCUT2D eigenvalue weighted by molar-refractivity contribution is 6.28. The number of benzene rings is 1. The molecule has 0 unspecified atom stereocenters. The molecule has 4 aromatic rings. The summed E-state index contributed by atoms with van der Waals surface area (Å²) in [6.45, 7) is 7.08. The van der Waals surface area contributed by atoms with E-state index in [-0.39, 0.29) is 0 Å². The minimum atomic E-state index is 0.352. The summed E-state index contributed by atoms with van der Waals surface area (Å²) in [5, 5.41) is 19.3. The molecule has 0 saturated carbocycles. The van der Waals surface area contributed by atoms with Crippen molar-refractivity contribution in [3.05, 3.63) is 58.8 Å². The fourth-order valence-corrected chi connectivity index (χ4v) is 3.67. The van der Waals surface area contributed by atoms with Gasteiger partial charge in [-0.1, -0.05) is 39.3 Å². The van der Waals surface area contributed by atoms with Gasteiger partial charge in [0.2, 0.25) is 5.28 Å². The normalized spacial score (nSPS) is 11.5. The average Bonchev–Trinajstić information content (AvgIpc) is 3.47. The zero-order valence-corrected chi connectivity index (χ0v) is 18.1. The molecule has 9 heteroatoms. The van der Waals surface area contributed by atoms with E-state index in [1.54, 1.807) is 4.68 Å². The van der Waals surface area contributed by atoms with E-state index < -0.39 is 0 Å². The number of H-pyrrole nitrogens is 1. The van der Waals surface area contributed by atoms with Crippen LogP contribution >= 0.6 is 11.6 Å². The maximum absolute atomic E-state index is 6.28. The summed E-state index contributed by atoms with van der Waals surface area (Å²) in [4.78, 5) is 4.36. The van der Waals surface area contributed by atoms with Crippen molar-refractivity contribution in [2.45, 2.75) is 52.5 Å². The van der Waals surface area contributed by atoms with Crippen molar-refractivity contribution < 1.29 is 0 Å². The van der Waals surface area contributed by atoms with Crippen LogP contribution < -0.4 is 0 Å². The Morgan fingerprint density at radius 1 is 1.10 bits per heavy atom. The Hall–Kier alpha value is -3.00. The van der Waals surface area contributed by atoms with Crippen LogP contribution in [-0.4, -0.2) is 40.0 Å². The molecule has 0 amide bonds. The highest BCUT2D eigenvalue weighted by atomic mass is 35.5. The first-order chi connectivity index (χ1) is 14.6. The van der Waals surface area contributed by atoms with E-state index in [0.29, 0.717) is 23.6 Å². The fourth-order valence-electron chi connectivity index (χ4n) is 3.48. The Bertz CT molecular complexity index is 1090. The monoisotopic (exact) mass is 424 g/mol. The minimum absolute atomic E-state index is 0.352. The first kappa shape index (κ1) is 20.3. The Kier molecular flexibility index (Phi) is 5.94. The lowest BCUT2D eigenvalue weighted by Crippen LogP contribution is -2.06. The number of hydrogen-bond acceptors (Lipinski definition) is 5. The number of unbranched alkanes of at least 4 members (excludes halogenated alkanes) is 1. The molecule has 0 atom stereocenters. The summed E-state index contributed by atoms with van der Waals surface area (Å²) < 4.78 is 3.93. The Labute approximate surface area is 180 Å². The second kappa shape index (κ2) is 8.79. The summed E-state index contributed by atoms with van der Waals surface area (Å²) in [7, 11) is 0. The number of aromatic nitrogens is 8. The summed E-state index contributed by atoms with van der Waals surface area (Å²) in [6, 6.07) is 12.5. The SMILES string of the molecule is CCCCc1nc(Cl)n(Cc2ccc(-n3c(-c4nnn[nH]4)ccc3C(C)C)cc2)n1. The zero-order chi connectivity index (χ0) is 21.1. The lowest BCUT2D eigenvalue weighted by atomic mass is 10.1. The largest absolute Gasteiger partial charge is 0.310 e. The van der Waals surface area contributed by atoms with Crippen LogP contribution in [0.4, 0.5) is 0 Å². The van der Waals surface area contributed by atoms with Crippen molar-refractivity contribution in [2.24, 2.45) is 0 Å². The van der Waals surface area contributed by atoms with Crippen LogP contribution in [0.25, 0.3) is 17.2 Å². The molecular formula is C21H25ClN8. The van der Waals surface area contributed by atoms with Gasteiger partial charge in [0.05, 0.1) is 12.2 Å². The molecule has 0 spiro atoms. The molecule has 0 aliphatic carbocycles. The van der Waals surface area contributed by atoms with Gasteiger partial charge in [0.15, 0.2) is 11.6 Å². The molecule has 3 aromatic heterocycles. The number of aromatic amines is 1. The predicted molar refractivity (Wildman–Crippen MR) is 116 cm³/mol. The van der Waals surface area contributed by atoms with Gasteiger partial charge in [-0.05, 0) is 64.2 Å². The third-order valence-corrected chi connectivity index (χ3v) is 5.32. The number of nitrogens with zero attached hydrogens (tertiary/aromatic N) is 7. The van der Waals surface area contributed by atoms with E-state index in [2.05, 4.69) is 86.4 Å². The molecule has 0 radical (unpaired) electrons. The molecule has 0 aliphatic heterocycles. The first-order valence-electron chi connectivity index (χ1n) is 10.2. The topological polar surface area (TPSA) is 90.1 Å². The van der Waals surface area contributed by atoms with Gasteiger partial charge in [0.25, 0.3) is 0 Å². The van der Waals surface area contributed by atoms with E-state index in [1.165, 1.54) is 5.69 Å². The number of halogens is 1. The van der Waals surface area contributed by atoms with Gasteiger partial charge in [-0.2, -0.15) is 5.10 Å². The molecule has 0 bridgehead atoms. The van der Waals surface area contributed by atoms with Gasteiger partial charge in [-0.3, -0.25) is 0 Å². The molecule has 156 valence electrons. The average molecular weight is 425 g/mol. The summed E-state index contributed by atoms with van der Waals surface area (Å²) in [5.74, 6) is 1.79. The second-order valence-electron chi connectivity index (χ2n) is 7.61. The van der Waals surface area contributed by atoms with Gasteiger partial charge in [-0.15, -0.1) is 5.10 Å². The lowest BCUT2D eigenvalue weighted by molar-refractivity contribution is 0.661. The van der Waals surface area contributed by atoms with Crippen molar-refractivity contribution in [3.8, 4) is 17.2 Å². The van der Waals surface area contributed by atoms with Crippen LogP contribution in [0.1, 0.15) is 56.6 Å². The van der Waals surface area contributed by atoms with Crippen molar-refractivity contribution >= 4 is 11.6 Å². The summed E-state index contributed by atoms with van der Waals surface area (Å²) in [6.07, 6.45) is 3.03. The number of tetrazole rings is 1. The molecule has 8 nitrogen and oxygen atoms in total. The minimum Gasteiger partial charge on any atom is -0.310 e. The van der Waals surface area contributed by atoms with Crippen LogP contribution in [0.2, 0.25) is 5.28 Å². The lowest BCUT2D eigenvalue weighted by Gasteiger charge is -2.15. The maximum Gasteiger partial charge on any atom is 0.221 e. The van der Waals surface area contributed by atoms with E-state index in [0.717, 1.165) is 42.0 Å². The van der Waals surface area contributed by atoms with Crippen molar-refractivity contribution in [1.82, 2.24) is 40.0 Å². The standard InChI is InChI=1S/C21H25ClN8/c1-4-5-6-19-23-21(22)29(26-19)13-15-7-9-16(10-8-15)30-17(14(2)3)11-12-18(30)20-24-27-28-25-20/h7-12,14H,4-6,13H2,1-3H3,(H,24,25,27,28). The van der Waals surface area contributed by atoms with E-state index in [9.17, 15) is 0 Å². The van der Waals surface area contributed by atoms with Gasteiger partial charge < -0.3 is 4.57 Å². The maximum atomic E-state index is 6.28. The number of aryl methyl sites for hydroxylation is 1. The predicted octanol–water partition coefficient (Wildman–Crippen LogP) is 4.42. The van der Waals surface area contributed by atoms with E-state index >= 15 is 0 Å². The van der Waals surface area contributed by atoms with Crippen molar-refractivity contribution in [2.75, 3.05) is 0 Å². The molecule has 1 N–H and O–H groups in total. The zero-order valence-electron chi connectivity index (χ0n) is 17.4. The third kappa shape index (κ3) is 4.14. The molecule has 0 aliphatic rings. The Morgan fingerprint density at radius 3 is 2.57 bits per heavy atom. The van der Waals surface area contributed by atoms with E-state index in [1.807, 2.05) is 6.07 Å². The van der Waals surface area contributed by atoms with Crippen LogP contribution in [-0.2, 0) is 13.0 Å². The number of nitrogens with one attached hydrogen (secondary N) is 1. The Balaban J connectivity index is 1.60. The summed E-state index contributed by atoms with van der Waals surface area (Å²) in [5.41, 5.74) is 4.27. The smallest absolute Gasteiger partial charge is 0.221 e. The van der Waals surface area contributed by atoms with Crippen molar-refractivity contribution in [3.63, 3.8) is 0 Å². The fraction of sp³-hybridized carbons (Fsp3) is 0.381. The molecule has 0 saturated heterocycles. The molecule has 30 heavy (non-hydrogen) atoms. The van der Waals surface area contributed by atoms with Crippen LogP contribution in [0, 0.1) is 0 Å². The van der Waals surface area contributed by atoms with Crippen molar-refractivity contribution in [1.29, 1.82) is 0 Å². The molecule has 0 fully saturated rings. The molecule has 1 aromatic carbocycles. The Morgan fingerprint density at radius 2 is 1.90 bits per heavy atom. The number of hydrogen-bond donors (Lipinski definition) is 1. The van der Waals surface area contributed by atoms with Gasteiger partial charge >= 0.3 is 0 Å². The third-order valence-electron chi connectivity index (χ3n) is 5.04. The first-order valence-corrected chi connectivity index (χ1v) is 10.6. The van der Waals surface area contributed by atoms with Gasteiger partial charge in [-0.25, -0.2) is 14.8 Å². The highest BCUT2D eigenvalue weighted by Gasteiger charge is 2.16.